The number of nitrogens with zero attached hydrogens (tertiary/aromatic N) is 2. The highest BCUT2D eigenvalue weighted by Gasteiger charge is 2.21. The molecule has 0 aliphatic heterocycles. The van der Waals surface area contributed by atoms with E-state index < -0.39 is 0 Å². The van der Waals surface area contributed by atoms with Gasteiger partial charge in [-0.25, -0.2) is 0 Å². The second-order valence-corrected chi connectivity index (χ2v) is 7.80. The van der Waals surface area contributed by atoms with Gasteiger partial charge in [-0.1, -0.05) is 36.4 Å². The molecule has 2 aromatic heterocycles. The molecule has 0 unspecified atom stereocenters. The van der Waals surface area contributed by atoms with E-state index in [1.54, 1.807) is 18.4 Å². The van der Waals surface area contributed by atoms with Crippen molar-refractivity contribution in [2.45, 2.75) is 13.5 Å². The lowest BCUT2D eigenvalue weighted by atomic mass is 10.0. The van der Waals surface area contributed by atoms with Gasteiger partial charge in [0.1, 0.15) is 11.8 Å². The molecule has 5 aromatic rings. The van der Waals surface area contributed by atoms with E-state index in [4.69, 9.17) is 4.74 Å². The molecule has 0 atom stereocenters. The van der Waals surface area contributed by atoms with Crippen molar-refractivity contribution in [3.05, 3.63) is 66.2 Å². The average Bonchev–Trinajstić information content (AvgIpc) is 3.28. The molecule has 3 aromatic carbocycles. The lowest BCUT2D eigenvalue weighted by Gasteiger charge is -2.10. The van der Waals surface area contributed by atoms with Crippen LogP contribution in [0.25, 0.3) is 42.3 Å². The first-order chi connectivity index (χ1) is 13.8. The maximum absolute atomic E-state index is 10.0. The number of ether oxygens (including phenoxy) is 1. The van der Waals surface area contributed by atoms with Gasteiger partial charge in [0.2, 0.25) is 0 Å². The fourth-order valence-corrected chi connectivity index (χ4v) is 5.33. The summed E-state index contributed by atoms with van der Waals surface area (Å²) in [6.07, 6.45) is 0. The Hall–Kier alpha value is -3.29. The standard InChI is InChI=1S/C24H18N2OS/c1-3-26-21-13-15(27-2)11-12-16(21)20(14-25)23(26)19-9-6-8-18-17-7-4-5-10-22(17)28-24(18)19/h4-13H,3H2,1-2H3. The number of thiophene rings is 1. The molecule has 0 aliphatic carbocycles. The maximum atomic E-state index is 10.0. The summed E-state index contributed by atoms with van der Waals surface area (Å²) in [4.78, 5) is 0. The number of aromatic nitrogens is 1. The van der Waals surface area contributed by atoms with E-state index in [-0.39, 0.29) is 0 Å². The van der Waals surface area contributed by atoms with Gasteiger partial charge in [-0.05, 0) is 25.1 Å². The van der Waals surface area contributed by atoms with Gasteiger partial charge in [-0.3, -0.25) is 0 Å². The topological polar surface area (TPSA) is 38.0 Å². The molecule has 28 heavy (non-hydrogen) atoms. The summed E-state index contributed by atoms with van der Waals surface area (Å²) < 4.78 is 10.2. The highest BCUT2D eigenvalue weighted by atomic mass is 32.1. The first kappa shape index (κ1) is 16.9. The minimum absolute atomic E-state index is 0.726. The summed E-state index contributed by atoms with van der Waals surface area (Å²) in [6.45, 7) is 2.90. The Morgan fingerprint density at radius 3 is 2.61 bits per heavy atom. The van der Waals surface area contributed by atoms with Crippen LogP contribution in [0.3, 0.4) is 0 Å². The van der Waals surface area contributed by atoms with Gasteiger partial charge in [-0.2, -0.15) is 5.26 Å². The van der Waals surface area contributed by atoms with Crippen molar-refractivity contribution in [1.29, 1.82) is 5.26 Å². The van der Waals surface area contributed by atoms with Crippen LogP contribution in [0.15, 0.2) is 60.7 Å². The number of rotatable bonds is 3. The number of nitriles is 1. The summed E-state index contributed by atoms with van der Waals surface area (Å²) in [5.74, 6) is 0.802. The SMILES string of the molecule is CCn1c(-c2cccc3c2sc2ccccc23)c(C#N)c2ccc(OC)cc21. The maximum Gasteiger partial charge on any atom is 0.120 e. The minimum atomic E-state index is 0.726. The molecule has 0 fully saturated rings. The van der Waals surface area contributed by atoms with E-state index in [1.807, 2.05) is 18.2 Å². The zero-order valence-electron chi connectivity index (χ0n) is 15.7. The van der Waals surface area contributed by atoms with Crippen LogP contribution in [0.1, 0.15) is 12.5 Å². The molecule has 3 nitrogen and oxygen atoms in total. The summed E-state index contributed by atoms with van der Waals surface area (Å²) in [5.41, 5.74) is 3.87. The summed E-state index contributed by atoms with van der Waals surface area (Å²) in [6, 6.07) is 23.3. The Balaban J connectivity index is 1.93. The zero-order chi connectivity index (χ0) is 19.3. The number of aryl methyl sites for hydroxylation is 1. The molecule has 136 valence electrons. The smallest absolute Gasteiger partial charge is 0.120 e. The van der Waals surface area contributed by atoms with Gasteiger partial charge in [-0.15, -0.1) is 11.3 Å². The largest absolute Gasteiger partial charge is 0.497 e. The van der Waals surface area contributed by atoms with Crippen LogP contribution in [0.2, 0.25) is 0 Å². The van der Waals surface area contributed by atoms with Crippen molar-refractivity contribution < 1.29 is 4.74 Å². The number of hydrogen-bond acceptors (Lipinski definition) is 3. The molecule has 0 radical (unpaired) electrons. The fraction of sp³-hybridized carbons (Fsp3) is 0.125. The van der Waals surface area contributed by atoms with Crippen LogP contribution < -0.4 is 4.74 Å². The minimum Gasteiger partial charge on any atom is -0.497 e. The van der Waals surface area contributed by atoms with Crippen LogP contribution in [-0.2, 0) is 6.54 Å². The second kappa shape index (κ2) is 6.40. The second-order valence-electron chi connectivity index (χ2n) is 6.74. The Morgan fingerprint density at radius 1 is 1.00 bits per heavy atom. The molecule has 0 spiro atoms. The van der Waals surface area contributed by atoms with Crippen molar-refractivity contribution in [3.8, 4) is 23.1 Å². The quantitative estimate of drug-likeness (QED) is 0.354. The van der Waals surface area contributed by atoms with Crippen LogP contribution in [-0.4, -0.2) is 11.7 Å². The normalized spacial score (nSPS) is 11.3. The van der Waals surface area contributed by atoms with Gasteiger partial charge in [0.15, 0.2) is 0 Å². The van der Waals surface area contributed by atoms with Gasteiger partial charge < -0.3 is 9.30 Å². The molecule has 0 amide bonds. The first-order valence-corrected chi connectivity index (χ1v) is 10.1. The van der Waals surface area contributed by atoms with E-state index in [9.17, 15) is 5.26 Å². The summed E-state index contributed by atoms with van der Waals surface area (Å²) >= 11 is 1.79. The highest BCUT2D eigenvalue weighted by Crippen LogP contribution is 2.43. The van der Waals surface area contributed by atoms with E-state index in [2.05, 4.69) is 60.0 Å². The Labute approximate surface area is 167 Å². The molecule has 0 saturated heterocycles. The van der Waals surface area contributed by atoms with Gasteiger partial charge in [0.25, 0.3) is 0 Å². The van der Waals surface area contributed by atoms with Crippen LogP contribution in [0.5, 0.6) is 5.75 Å². The molecular weight excluding hydrogens is 364 g/mol. The number of benzene rings is 3. The van der Waals surface area contributed by atoms with Crippen molar-refractivity contribution in [3.63, 3.8) is 0 Å². The van der Waals surface area contributed by atoms with Gasteiger partial charge in [0.05, 0.1) is 23.9 Å². The molecular formula is C24H18N2OS. The molecule has 2 heterocycles. The van der Waals surface area contributed by atoms with Crippen molar-refractivity contribution in [1.82, 2.24) is 4.57 Å². The average molecular weight is 382 g/mol. The van der Waals surface area contributed by atoms with E-state index in [1.165, 1.54) is 20.2 Å². The third kappa shape index (κ3) is 2.27. The van der Waals surface area contributed by atoms with Crippen LogP contribution in [0.4, 0.5) is 0 Å². The van der Waals surface area contributed by atoms with Gasteiger partial charge >= 0.3 is 0 Å². The monoisotopic (exact) mass is 382 g/mol. The van der Waals surface area contributed by atoms with Crippen molar-refractivity contribution in [2.75, 3.05) is 7.11 Å². The fourth-order valence-electron chi connectivity index (χ4n) is 4.11. The zero-order valence-corrected chi connectivity index (χ0v) is 16.5. The van der Waals surface area contributed by atoms with Gasteiger partial charge in [0, 0.05) is 43.7 Å². The van der Waals surface area contributed by atoms with Crippen LogP contribution in [0, 0.1) is 11.3 Å². The Morgan fingerprint density at radius 2 is 1.82 bits per heavy atom. The predicted molar refractivity (Wildman–Crippen MR) is 117 cm³/mol. The Bertz CT molecular complexity index is 1400. The third-order valence-electron chi connectivity index (χ3n) is 5.36. The first-order valence-electron chi connectivity index (χ1n) is 9.27. The number of fused-ring (bicyclic) bond motifs is 4. The molecule has 0 bridgehead atoms. The molecule has 5 rings (SSSR count). The summed E-state index contributed by atoms with van der Waals surface area (Å²) in [5, 5.41) is 13.5. The lowest BCUT2D eigenvalue weighted by Crippen LogP contribution is -1.98. The highest BCUT2D eigenvalue weighted by molar-refractivity contribution is 7.26. The lowest BCUT2D eigenvalue weighted by molar-refractivity contribution is 0.415. The van der Waals surface area contributed by atoms with Crippen molar-refractivity contribution >= 4 is 42.4 Å². The third-order valence-corrected chi connectivity index (χ3v) is 6.58. The molecule has 0 aliphatic rings. The predicted octanol–water partition coefficient (Wildman–Crippen LogP) is 6.58. The molecule has 0 saturated carbocycles. The summed E-state index contributed by atoms with van der Waals surface area (Å²) in [7, 11) is 1.67. The van der Waals surface area contributed by atoms with E-state index >= 15 is 0 Å². The Kier molecular flexibility index (Phi) is 3.85. The van der Waals surface area contributed by atoms with Crippen LogP contribution >= 0.6 is 11.3 Å². The van der Waals surface area contributed by atoms with E-state index in [0.717, 1.165) is 40.0 Å². The molecule has 4 heteroatoms. The molecule has 0 N–H and O–H groups in total. The van der Waals surface area contributed by atoms with E-state index in [0.29, 0.717) is 0 Å². The number of methoxy groups -OCH3 is 1. The van der Waals surface area contributed by atoms with Crippen molar-refractivity contribution in [2.24, 2.45) is 0 Å². The number of hydrogen-bond donors (Lipinski definition) is 0.